The molecule has 0 atom stereocenters. The van der Waals surface area contributed by atoms with Gasteiger partial charge in [-0.05, 0) is 43.4 Å². The van der Waals surface area contributed by atoms with Crippen molar-refractivity contribution in [3.05, 3.63) is 45.9 Å². The van der Waals surface area contributed by atoms with Gasteiger partial charge < -0.3 is 19.7 Å². The average Bonchev–Trinajstić information content (AvgIpc) is 3.22. The summed E-state index contributed by atoms with van der Waals surface area (Å²) in [4.78, 5) is 31.7. The van der Waals surface area contributed by atoms with Crippen LogP contribution in [0.25, 0.3) is 4.96 Å². The number of nitrogens with one attached hydrogen (secondary N) is 1. The summed E-state index contributed by atoms with van der Waals surface area (Å²) >= 11 is 1.33. The monoisotopic (exact) mass is 457 g/mol. The summed E-state index contributed by atoms with van der Waals surface area (Å²) in [7, 11) is 1.57. The molecule has 0 unspecified atom stereocenters. The van der Waals surface area contributed by atoms with Crippen LogP contribution < -0.4 is 25.2 Å². The highest BCUT2D eigenvalue weighted by Crippen LogP contribution is 2.29. The zero-order valence-electron chi connectivity index (χ0n) is 18.5. The number of ether oxygens (including phenoxy) is 2. The van der Waals surface area contributed by atoms with E-state index in [0.717, 1.165) is 36.6 Å². The Kier molecular flexibility index (Phi) is 6.59. The Morgan fingerprint density at radius 1 is 1.25 bits per heavy atom. The lowest BCUT2D eigenvalue weighted by atomic mass is 10.00. The highest BCUT2D eigenvalue weighted by molar-refractivity contribution is 7.20. The molecule has 1 amide bonds. The molecule has 9 nitrogen and oxygen atoms in total. The van der Waals surface area contributed by atoms with Gasteiger partial charge in [-0.15, -0.1) is 5.10 Å². The number of fused-ring (bicyclic) bond motifs is 1. The molecule has 3 aromatic rings. The standard InChI is InChI=1S/C22H27N5O4S/c1-4-31-17-6-5-15(11-18(17)30-3)13-23-20(29)16-12-19(28)24-21-27(16)25-22(32-21)26-9-7-14(2)8-10-26/h5-6,11-12,14H,4,7-10,13H2,1-3H3,(H,23,29). The number of piperidine rings is 1. The van der Waals surface area contributed by atoms with Crippen molar-refractivity contribution in [1.82, 2.24) is 19.9 Å². The van der Waals surface area contributed by atoms with Gasteiger partial charge >= 0.3 is 0 Å². The van der Waals surface area contributed by atoms with Gasteiger partial charge in [0.05, 0.1) is 13.7 Å². The number of rotatable bonds is 7. The van der Waals surface area contributed by atoms with E-state index in [2.05, 4.69) is 27.2 Å². The van der Waals surface area contributed by atoms with E-state index < -0.39 is 11.5 Å². The van der Waals surface area contributed by atoms with Crippen LogP contribution in [0.1, 0.15) is 42.7 Å². The van der Waals surface area contributed by atoms with Crippen molar-refractivity contribution >= 4 is 27.3 Å². The minimum absolute atomic E-state index is 0.172. The molecule has 0 aliphatic carbocycles. The van der Waals surface area contributed by atoms with Crippen LogP contribution >= 0.6 is 11.3 Å². The Bertz CT molecular complexity index is 1170. The summed E-state index contributed by atoms with van der Waals surface area (Å²) in [5, 5.41) is 8.24. The van der Waals surface area contributed by atoms with Crippen LogP contribution in [0, 0.1) is 5.92 Å². The molecule has 32 heavy (non-hydrogen) atoms. The summed E-state index contributed by atoms with van der Waals surface area (Å²) in [6, 6.07) is 6.71. The van der Waals surface area contributed by atoms with E-state index in [1.165, 1.54) is 21.9 Å². The molecule has 0 bridgehead atoms. The topological polar surface area (TPSA) is 98.1 Å². The first-order valence-electron chi connectivity index (χ1n) is 10.7. The molecule has 4 rings (SSSR count). The van der Waals surface area contributed by atoms with Crippen molar-refractivity contribution < 1.29 is 14.3 Å². The van der Waals surface area contributed by atoms with Crippen LogP contribution in [0.4, 0.5) is 5.13 Å². The largest absolute Gasteiger partial charge is 0.493 e. The summed E-state index contributed by atoms with van der Waals surface area (Å²) in [6.45, 7) is 6.77. The second kappa shape index (κ2) is 9.56. The number of nitrogens with zero attached hydrogens (tertiary/aromatic N) is 4. The van der Waals surface area contributed by atoms with Gasteiger partial charge in [0.1, 0.15) is 5.69 Å². The number of methoxy groups -OCH3 is 1. The Morgan fingerprint density at radius 3 is 2.75 bits per heavy atom. The fourth-order valence-electron chi connectivity index (χ4n) is 3.66. The summed E-state index contributed by atoms with van der Waals surface area (Å²) in [6.07, 6.45) is 2.19. The van der Waals surface area contributed by atoms with E-state index in [4.69, 9.17) is 9.47 Å². The molecular formula is C22H27N5O4S. The van der Waals surface area contributed by atoms with Crippen molar-refractivity contribution in [3.8, 4) is 11.5 Å². The second-order valence-electron chi connectivity index (χ2n) is 7.83. The molecule has 2 aromatic heterocycles. The van der Waals surface area contributed by atoms with E-state index >= 15 is 0 Å². The molecule has 1 fully saturated rings. The third kappa shape index (κ3) is 4.69. The SMILES string of the molecule is CCOc1ccc(CNC(=O)c2cc(=O)nc3sc(N4CCC(C)CC4)nn23)cc1OC. The van der Waals surface area contributed by atoms with Gasteiger partial charge in [-0.1, -0.05) is 24.3 Å². The van der Waals surface area contributed by atoms with Gasteiger partial charge in [0, 0.05) is 25.7 Å². The lowest BCUT2D eigenvalue weighted by Gasteiger charge is -2.29. The van der Waals surface area contributed by atoms with E-state index in [0.29, 0.717) is 29.0 Å². The number of anilines is 1. The van der Waals surface area contributed by atoms with Crippen LogP contribution in [0.2, 0.25) is 0 Å². The summed E-state index contributed by atoms with van der Waals surface area (Å²) in [5.74, 6) is 1.55. The zero-order chi connectivity index (χ0) is 22.7. The third-order valence-electron chi connectivity index (χ3n) is 5.51. The van der Waals surface area contributed by atoms with E-state index in [9.17, 15) is 9.59 Å². The number of carbonyl (C=O) groups is 1. The van der Waals surface area contributed by atoms with Crippen molar-refractivity contribution in [2.24, 2.45) is 5.92 Å². The van der Waals surface area contributed by atoms with Crippen molar-refractivity contribution in [2.75, 3.05) is 31.7 Å². The van der Waals surface area contributed by atoms with Crippen molar-refractivity contribution in [2.45, 2.75) is 33.2 Å². The predicted molar refractivity (Wildman–Crippen MR) is 123 cm³/mol. The third-order valence-corrected chi connectivity index (χ3v) is 6.48. The molecule has 170 valence electrons. The van der Waals surface area contributed by atoms with Crippen molar-refractivity contribution in [1.29, 1.82) is 0 Å². The lowest BCUT2D eigenvalue weighted by molar-refractivity contribution is 0.0943. The second-order valence-corrected chi connectivity index (χ2v) is 8.76. The van der Waals surface area contributed by atoms with Crippen LogP contribution in [-0.4, -0.2) is 47.3 Å². The summed E-state index contributed by atoms with van der Waals surface area (Å²) < 4.78 is 12.4. The predicted octanol–water partition coefficient (Wildman–Crippen LogP) is 2.72. The molecule has 0 saturated carbocycles. The Balaban J connectivity index is 1.54. The van der Waals surface area contributed by atoms with E-state index in [1.54, 1.807) is 7.11 Å². The Hall–Kier alpha value is -3.14. The fraction of sp³-hybridized carbons (Fsp3) is 0.455. The van der Waals surface area contributed by atoms with Crippen LogP contribution in [-0.2, 0) is 6.54 Å². The summed E-state index contributed by atoms with van der Waals surface area (Å²) in [5.41, 5.74) is 0.559. The molecule has 1 aliphatic heterocycles. The Labute approximate surface area is 190 Å². The molecular weight excluding hydrogens is 430 g/mol. The van der Waals surface area contributed by atoms with Gasteiger partial charge in [0.25, 0.3) is 11.5 Å². The van der Waals surface area contributed by atoms with Crippen LogP contribution in [0.3, 0.4) is 0 Å². The van der Waals surface area contributed by atoms with Crippen LogP contribution in [0.5, 0.6) is 11.5 Å². The maximum atomic E-state index is 12.9. The van der Waals surface area contributed by atoms with Gasteiger partial charge in [0.15, 0.2) is 11.5 Å². The number of hydrogen-bond acceptors (Lipinski definition) is 8. The number of aromatic nitrogens is 3. The molecule has 1 saturated heterocycles. The van der Waals surface area contributed by atoms with E-state index in [-0.39, 0.29) is 12.2 Å². The molecule has 3 heterocycles. The van der Waals surface area contributed by atoms with Gasteiger partial charge in [-0.3, -0.25) is 9.59 Å². The number of benzene rings is 1. The number of carbonyl (C=O) groups excluding carboxylic acids is 1. The highest BCUT2D eigenvalue weighted by Gasteiger charge is 2.22. The smallest absolute Gasteiger partial charge is 0.274 e. The maximum absolute atomic E-state index is 12.9. The lowest BCUT2D eigenvalue weighted by Crippen LogP contribution is -2.32. The quantitative estimate of drug-likeness (QED) is 0.582. The molecule has 0 radical (unpaired) electrons. The van der Waals surface area contributed by atoms with E-state index in [1.807, 2.05) is 25.1 Å². The first kappa shape index (κ1) is 22.1. The normalized spacial score (nSPS) is 14.5. The molecule has 10 heteroatoms. The maximum Gasteiger partial charge on any atom is 0.274 e. The van der Waals surface area contributed by atoms with Gasteiger partial charge in [0.2, 0.25) is 10.1 Å². The zero-order valence-corrected chi connectivity index (χ0v) is 19.3. The minimum atomic E-state index is -0.458. The minimum Gasteiger partial charge on any atom is -0.493 e. The fourth-order valence-corrected chi connectivity index (χ4v) is 4.62. The van der Waals surface area contributed by atoms with Gasteiger partial charge in [-0.25, -0.2) is 0 Å². The molecule has 1 aromatic carbocycles. The first-order chi connectivity index (χ1) is 15.5. The number of amides is 1. The van der Waals surface area contributed by atoms with Crippen molar-refractivity contribution in [3.63, 3.8) is 0 Å². The molecule has 1 aliphatic rings. The van der Waals surface area contributed by atoms with Crippen LogP contribution in [0.15, 0.2) is 29.1 Å². The highest BCUT2D eigenvalue weighted by atomic mass is 32.1. The first-order valence-corrected chi connectivity index (χ1v) is 11.5. The Morgan fingerprint density at radius 2 is 2.03 bits per heavy atom. The molecule has 0 spiro atoms. The van der Waals surface area contributed by atoms with Gasteiger partial charge in [-0.2, -0.15) is 9.50 Å². The molecule has 1 N–H and O–H groups in total. The number of hydrogen-bond donors (Lipinski definition) is 1. The average molecular weight is 458 g/mol.